The Bertz CT molecular complexity index is 1670. The van der Waals surface area contributed by atoms with Crippen LogP contribution in [0.5, 0.6) is 17.2 Å². The Hall–Kier alpha value is -4.65. The van der Waals surface area contributed by atoms with E-state index in [2.05, 4.69) is 15.7 Å². The van der Waals surface area contributed by atoms with E-state index in [4.69, 9.17) is 9.47 Å². The largest absolute Gasteiger partial charge is 0.488 e. The van der Waals surface area contributed by atoms with Crippen LogP contribution in [0.3, 0.4) is 0 Å². The number of halogens is 5. The molecule has 0 radical (unpaired) electrons. The standard InChI is InChI=1S/C31H29F5N4O4/c1-17-9-19(32)5-8-27(17)44-28-12-23(18-3-4-18)25(31(34,35)36)11-24(28)30(42)39-20-6-7-26(33)29(10-20)43-16-22(41)14-37-21-13-38-40(2)15-21/h5-13,15,18,22,37,41H,3-4,14,16H2,1-2H3,(H,39,42). The van der Waals surface area contributed by atoms with Crippen LogP contribution in [0.1, 0.15) is 45.8 Å². The summed E-state index contributed by atoms with van der Waals surface area (Å²) in [5, 5.41) is 19.7. The average Bonchev–Trinajstić information content (AvgIpc) is 3.73. The molecule has 3 N–H and O–H groups in total. The second kappa shape index (κ2) is 12.5. The van der Waals surface area contributed by atoms with Crippen molar-refractivity contribution >= 4 is 17.3 Å². The third-order valence-corrected chi connectivity index (χ3v) is 6.94. The smallest absolute Gasteiger partial charge is 0.416 e. The number of benzene rings is 3. The van der Waals surface area contributed by atoms with Crippen LogP contribution in [0.15, 0.2) is 60.9 Å². The molecule has 1 heterocycles. The van der Waals surface area contributed by atoms with Crippen molar-refractivity contribution in [2.75, 3.05) is 23.8 Å². The van der Waals surface area contributed by atoms with Gasteiger partial charge in [0.15, 0.2) is 11.6 Å². The number of amides is 1. The third-order valence-electron chi connectivity index (χ3n) is 6.94. The fourth-order valence-corrected chi connectivity index (χ4v) is 4.56. The quantitative estimate of drug-likeness (QED) is 0.161. The lowest BCUT2D eigenvalue weighted by atomic mass is 9.98. The second-order valence-electron chi connectivity index (χ2n) is 10.6. The lowest BCUT2D eigenvalue weighted by Crippen LogP contribution is -2.26. The summed E-state index contributed by atoms with van der Waals surface area (Å²) in [6.45, 7) is 1.35. The summed E-state index contributed by atoms with van der Waals surface area (Å²) in [7, 11) is 1.73. The summed E-state index contributed by atoms with van der Waals surface area (Å²) < 4.78 is 83.3. The monoisotopic (exact) mass is 616 g/mol. The number of carbonyl (C=O) groups excluding carboxylic acids is 1. The summed E-state index contributed by atoms with van der Waals surface area (Å²) in [6.07, 6.45) is -1.37. The molecule has 13 heteroatoms. The zero-order chi connectivity index (χ0) is 31.6. The summed E-state index contributed by atoms with van der Waals surface area (Å²) in [5.74, 6) is -2.85. The van der Waals surface area contributed by atoms with Crippen LogP contribution >= 0.6 is 0 Å². The summed E-state index contributed by atoms with van der Waals surface area (Å²) in [6, 6.07) is 9.00. The fourth-order valence-electron chi connectivity index (χ4n) is 4.56. The minimum atomic E-state index is -4.74. The van der Waals surface area contributed by atoms with Crippen molar-refractivity contribution in [2.24, 2.45) is 7.05 Å². The number of aliphatic hydroxyl groups is 1. The van der Waals surface area contributed by atoms with Gasteiger partial charge in [0.05, 0.1) is 23.0 Å². The van der Waals surface area contributed by atoms with Crippen molar-refractivity contribution in [1.82, 2.24) is 9.78 Å². The van der Waals surface area contributed by atoms with E-state index in [0.29, 0.717) is 24.1 Å². The van der Waals surface area contributed by atoms with Gasteiger partial charge in [-0.05, 0) is 79.3 Å². The average molecular weight is 617 g/mol. The van der Waals surface area contributed by atoms with E-state index in [1.807, 2.05) is 0 Å². The second-order valence-corrected chi connectivity index (χ2v) is 10.6. The van der Waals surface area contributed by atoms with Crippen molar-refractivity contribution < 1.29 is 41.3 Å². The van der Waals surface area contributed by atoms with E-state index >= 15 is 0 Å². The first kappa shape index (κ1) is 30.8. The van der Waals surface area contributed by atoms with E-state index in [1.165, 1.54) is 24.3 Å². The van der Waals surface area contributed by atoms with Gasteiger partial charge in [-0.1, -0.05) is 0 Å². The first-order chi connectivity index (χ1) is 20.9. The SMILES string of the molecule is Cc1cc(F)ccc1Oc1cc(C2CC2)c(C(F)(F)F)cc1C(=O)Nc1ccc(F)c(OCC(O)CNc2cnn(C)c2)c1. The molecule has 1 atom stereocenters. The predicted molar refractivity (Wildman–Crippen MR) is 152 cm³/mol. The fraction of sp³-hybridized carbons (Fsp3) is 0.290. The molecule has 0 bridgehead atoms. The molecule has 0 aliphatic heterocycles. The van der Waals surface area contributed by atoms with Gasteiger partial charge < -0.3 is 25.2 Å². The summed E-state index contributed by atoms with van der Waals surface area (Å²) in [4.78, 5) is 13.4. The maximum Gasteiger partial charge on any atom is 0.416 e. The molecule has 0 spiro atoms. The van der Waals surface area contributed by atoms with Gasteiger partial charge >= 0.3 is 6.18 Å². The van der Waals surface area contributed by atoms with E-state index < -0.39 is 40.9 Å². The van der Waals surface area contributed by atoms with Crippen LogP contribution < -0.4 is 20.1 Å². The molecule has 0 saturated heterocycles. The number of hydrogen-bond donors (Lipinski definition) is 3. The van der Waals surface area contributed by atoms with Crippen LogP contribution in [0, 0.1) is 18.6 Å². The highest BCUT2D eigenvalue weighted by Crippen LogP contribution is 2.48. The maximum atomic E-state index is 14.5. The van der Waals surface area contributed by atoms with Crippen LogP contribution in [0.25, 0.3) is 0 Å². The van der Waals surface area contributed by atoms with E-state index in [0.717, 1.165) is 24.3 Å². The van der Waals surface area contributed by atoms with E-state index in [-0.39, 0.29) is 47.6 Å². The lowest BCUT2D eigenvalue weighted by molar-refractivity contribution is -0.138. The Morgan fingerprint density at radius 1 is 1.07 bits per heavy atom. The lowest BCUT2D eigenvalue weighted by Gasteiger charge is -2.19. The summed E-state index contributed by atoms with van der Waals surface area (Å²) >= 11 is 0. The number of carbonyl (C=O) groups is 1. The molecule has 1 aliphatic carbocycles. The number of anilines is 2. The molecule has 8 nitrogen and oxygen atoms in total. The van der Waals surface area contributed by atoms with E-state index in [9.17, 15) is 31.9 Å². The highest BCUT2D eigenvalue weighted by Gasteiger charge is 2.40. The van der Waals surface area contributed by atoms with Gasteiger partial charge in [0.25, 0.3) is 5.91 Å². The van der Waals surface area contributed by atoms with Crippen LogP contribution in [-0.2, 0) is 13.2 Å². The Morgan fingerprint density at radius 2 is 1.84 bits per heavy atom. The number of nitrogens with zero attached hydrogens (tertiary/aromatic N) is 2. The minimum absolute atomic E-state index is 0.0119. The van der Waals surface area contributed by atoms with E-state index in [1.54, 1.807) is 31.0 Å². The topological polar surface area (TPSA) is 97.6 Å². The number of rotatable bonds is 11. The molecule has 5 rings (SSSR count). The van der Waals surface area contributed by atoms with Crippen molar-refractivity contribution in [2.45, 2.75) is 38.0 Å². The van der Waals surface area contributed by atoms with Gasteiger partial charge in [0, 0.05) is 31.5 Å². The zero-order valence-corrected chi connectivity index (χ0v) is 23.7. The highest BCUT2D eigenvalue weighted by molar-refractivity contribution is 6.06. The molecular formula is C31H29F5N4O4. The Kier molecular flexibility index (Phi) is 8.77. The zero-order valence-electron chi connectivity index (χ0n) is 23.7. The van der Waals surface area contributed by atoms with Crippen LogP contribution in [0.2, 0.25) is 0 Å². The van der Waals surface area contributed by atoms with Gasteiger partial charge in [-0.3, -0.25) is 9.48 Å². The van der Waals surface area contributed by atoms with Crippen LogP contribution in [0.4, 0.5) is 33.3 Å². The molecule has 1 saturated carbocycles. The molecule has 3 aromatic carbocycles. The molecule has 44 heavy (non-hydrogen) atoms. The van der Waals surface area contributed by atoms with Gasteiger partial charge in [-0.25, -0.2) is 8.78 Å². The number of alkyl halides is 3. The molecular weight excluding hydrogens is 587 g/mol. The predicted octanol–water partition coefficient (Wildman–Crippen LogP) is 6.80. The van der Waals surface area contributed by atoms with Gasteiger partial charge in [-0.2, -0.15) is 18.3 Å². The number of aryl methyl sites for hydroxylation is 2. The highest BCUT2D eigenvalue weighted by atomic mass is 19.4. The normalized spacial score (nSPS) is 13.8. The van der Waals surface area contributed by atoms with Crippen molar-refractivity contribution in [3.8, 4) is 17.2 Å². The first-order valence-electron chi connectivity index (χ1n) is 13.7. The number of ether oxygens (including phenoxy) is 2. The molecule has 1 aromatic heterocycles. The Balaban J connectivity index is 1.37. The molecule has 1 fully saturated rings. The maximum absolute atomic E-state index is 14.5. The summed E-state index contributed by atoms with van der Waals surface area (Å²) in [5.41, 5.74) is -0.294. The Morgan fingerprint density at radius 3 is 2.50 bits per heavy atom. The minimum Gasteiger partial charge on any atom is -0.488 e. The first-order valence-corrected chi connectivity index (χ1v) is 13.7. The number of nitrogens with one attached hydrogen (secondary N) is 2. The van der Waals surface area contributed by atoms with Crippen molar-refractivity contribution in [1.29, 1.82) is 0 Å². The Labute approximate surface area is 249 Å². The molecule has 232 valence electrons. The van der Waals surface area contributed by atoms with Gasteiger partial charge in [0.1, 0.15) is 30.0 Å². The third kappa shape index (κ3) is 7.46. The molecule has 1 amide bonds. The number of aromatic nitrogens is 2. The van der Waals surface area contributed by atoms with Crippen LogP contribution in [-0.4, -0.2) is 40.0 Å². The van der Waals surface area contributed by atoms with Gasteiger partial charge in [-0.15, -0.1) is 0 Å². The van der Waals surface area contributed by atoms with Gasteiger partial charge in [0.2, 0.25) is 0 Å². The molecule has 1 unspecified atom stereocenters. The van der Waals surface area contributed by atoms with Crippen molar-refractivity contribution in [3.05, 3.63) is 94.8 Å². The number of aliphatic hydroxyl groups excluding tert-OH is 1. The molecule has 4 aromatic rings. The van der Waals surface area contributed by atoms with Crippen molar-refractivity contribution in [3.63, 3.8) is 0 Å². The number of hydrogen-bond acceptors (Lipinski definition) is 6. The molecule has 1 aliphatic rings.